The van der Waals surface area contributed by atoms with Crippen LogP contribution in [0.2, 0.25) is 0 Å². The minimum atomic E-state index is -1.76. The minimum absolute atomic E-state index is 0.0837. The lowest BCUT2D eigenvalue weighted by molar-refractivity contribution is 0.122. The molecule has 1 aromatic heterocycles. The highest BCUT2D eigenvalue weighted by atomic mass is 79.9. The predicted molar refractivity (Wildman–Crippen MR) is 78.1 cm³/mol. The van der Waals surface area contributed by atoms with Crippen molar-refractivity contribution in [3.8, 4) is 0 Å². The Hall–Kier alpha value is -1.14. The minimum Gasteiger partial charge on any atom is -0.393 e. The van der Waals surface area contributed by atoms with E-state index in [9.17, 15) is 5.11 Å². The van der Waals surface area contributed by atoms with E-state index in [1.54, 1.807) is 6.20 Å². The van der Waals surface area contributed by atoms with Gasteiger partial charge in [-0.25, -0.2) is 9.97 Å². The van der Waals surface area contributed by atoms with Crippen LogP contribution < -0.4 is 10.2 Å². The van der Waals surface area contributed by atoms with Crippen LogP contribution in [0.5, 0.6) is 0 Å². The molecule has 1 saturated carbocycles. The van der Waals surface area contributed by atoms with E-state index in [-0.39, 0.29) is 12.1 Å². The van der Waals surface area contributed by atoms with Gasteiger partial charge in [-0.2, -0.15) is 0 Å². The molecule has 0 aromatic carbocycles. The number of hydrogen-bond acceptors (Lipinski definition) is 5. The first-order valence-corrected chi connectivity index (χ1v) is 7.15. The molecule has 2 heterocycles. The van der Waals surface area contributed by atoms with E-state index in [2.05, 4.69) is 37.8 Å². The van der Waals surface area contributed by atoms with Crippen LogP contribution >= 0.6 is 15.9 Å². The Labute approximate surface area is 123 Å². The number of fused-ring (bicyclic) bond motifs is 1. The van der Waals surface area contributed by atoms with Crippen LogP contribution in [0.4, 0.5) is 11.6 Å². The summed E-state index contributed by atoms with van der Waals surface area (Å²) in [5, 5.41) is 12.4. The summed E-state index contributed by atoms with van der Waals surface area (Å²) in [6, 6.07) is 0.0837. The van der Waals surface area contributed by atoms with Gasteiger partial charge in [0, 0.05) is 11.7 Å². The number of halogens is 1. The Kier molecular flexibility index (Phi) is 2.85. The number of hydrogen-bond donors (Lipinski definition) is 2. The lowest BCUT2D eigenvalue weighted by Gasteiger charge is -2.40. The van der Waals surface area contributed by atoms with Crippen LogP contribution in [0.15, 0.2) is 23.1 Å². The summed E-state index contributed by atoms with van der Waals surface area (Å²) < 4.78 is 16.8. The second kappa shape index (κ2) is 5.09. The molecule has 3 rings (SSSR count). The fourth-order valence-corrected chi connectivity index (χ4v) is 2.91. The molecule has 2 aliphatic rings. The highest BCUT2D eigenvalue weighted by Crippen LogP contribution is 2.35. The largest absolute Gasteiger partial charge is 0.393 e. The molecule has 0 bridgehead atoms. The molecule has 102 valence electrons. The Morgan fingerprint density at radius 2 is 2.21 bits per heavy atom. The molecule has 0 saturated heterocycles. The summed E-state index contributed by atoms with van der Waals surface area (Å²) in [7, 11) is 0. The van der Waals surface area contributed by atoms with Crippen LogP contribution in [0, 0.1) is 0 Å². The van der Waals surface area contributed by atoms with Gasteiger partial charge in [-0.3, -0.25) is 0 Å². The quantitative estimate of drug-likeness (QED) is 0.829. The Bertz CT molecular complexity index is 575. The maximum absolute atomic E-state index is 9.67. The zero-order valence-electron chi connectivity index (χ0n) is 12.4. The van der Waals surface area contributed by atoms with Crippen LogP contribution in [0.25, 0.3) is 0 Å². The maximum atomic E-state index is 9.67. The van der Waals surface area contributed by atoms with Crippen LogP contribution in [-0.4, -0.2) is 33.7 Å². The van der Waals surface area contributed by atoms with E-state index in [4.69, 9.17) is 2.74 Å². The standard InChI is InChI=1S/C13H17BrN4O/c1-8-6-15-12-13(17-11(14)7-16-12)18(8)9-2-4-10(19)5-3-9/h7,9-10,19H,1-6H2,(H,15,16)/i6D2. The van der Waals surface area contributed by atoms with E-state index < -0.39 is 6.50 Å². The van der Waals surface area contributed by atoms with E-state index in [0.29, 0.717) is 34.8 Å². The van der Waals surface area contributed by atoms with Gasteiger partial charge in [0.15, 0.2) is 11.6 Å². The molecule has 0 atom stereocenters. The highest BCUT2D eigenvalue weighted by molar-refractivity contribution is 9.10. The molecule has 2 N–H and O–H groups in total. The lowest BCUT2D eigenvalue weighted by Crippen LogP contribution is -2.43. The topological polar surface area (TPSA) is 61.3 Å². The number of anilines is 2. The Morgan fingerprint density at radius 3 is 2.95 bits per heavy atom. The molecule has 0 amide bonds. The van der Waals surface area contributed by atoms with E-state index in [1.165, 1.54) is 0 Å². The number of nitrogens with one attached hydrogen (secondary N) is 1. The number of rotatable bonds is 1. The lowest BCUT2D eigenvalue weighted by atomic mass is 9.91. The summed E-state index contributed by atoms with van der Waals surface area (Å²) in [6.45, 7) is 2.16. The molecule has 0 radical (unpaired) electrons. The molecule has 0 spiro atoms. The number of nitrogens with zero attached hydrogens (tertiary/aromatic N) is 3. The molecule has 5 nitrogen and oxygen atoms in total. The molecule has 1 aliphatic heterocycles. The van der Waals surface area contributed by atoms with Gasteiger partial charge in [-0.15, -0.1) is 0 Å². The van der Waals surface area contributed by atoms with Crippen molar-refractivity contribution in [1.82, 2.24) is 9.97 Å². The van der Waals surface area contributed by atoms with Crippen molar-refractivity contribution >= 4 is 27.6 Å². The number of aliphatic hydroxyl groups excluding tert-OH is 1. The summed E-state index contributed by atoms with van der Waals surface area (Å²) in [4.78, 5) is 10.5. The van der Waals surface area contributed by atoms with Crippen LogP contribution in [0.3, 0.4) is 0 Å². The molecular formula is C13H17BrN4O. The monoisotopic (exact) mass is 326 g/mol. The average molecular weight is 327 g/mol. The molecule has 1 fully saturated rings. The SMILES string of the molecule is [2H]C1([2H])Nc2ncc(Br)nc2N(C2CCC(O)CC2)C1=C. The Balaban J connectivity index is 2.01. The maximum Gasteiger partial charge on any atom is 0.177 e. The second-order valence-corrected chi connectivity index (χ2v) is 5.71. The molecule has 0 unspecified atom stereocenters. The third-order valence-corrected chi connectivity index (χ3v) is 3.98. The van der Waals surface area contributed by atoms with Gasteiger partial charge in [-0.1, -0.05) is 6.58 Å². The summed E-state index contributed by atoms with van der Waals surface area (Å²) in [6.07, 6.45) is 4.26. The first-order chi connectivity index (χ1) is 9.88. The number of aromatic nitrogens is 2. The highest BCUT2D eigenvalue weighted by Gasteiger charge is 2.31. The zero-order valence-corrected chi connectivity index (χ0v) is 12.0. The molecule has 6 heteroatoms. The summed E-state index contributed by atoms with van der Waals surface area (Å²) in [5.74, 6) is 1.01. The predicted octanol–water partition coefficient (Wildman–Crippen LogP) is 2.29. The van der Waals surface area contributed by atoms with Crippen molar-refractivity contribution in [3.05, 3.63) is 23.1 Å². The van der Waals surface area contributed by atoms with Crippen molar-refractivity contribution in [3.63, 3.8) is 0 Å². The Morgan fingerprint density at radius 1 is 1.47 bits per heavy atom. The molecular weight excluding hydrogens is 308 g/mol. The first-order valence-electron chi connectivity index (χ1n) is 7.36. The van der Waals surface area contributed by atoms with Crippen LogP contribution in [-0.2, 0) is 0 Å². The van der Waals surface area contributed by atoms with Gasteiger partial charge < -0.3 is 15.3 Å². The third kappa shape index (κ3) is 2.47. The normalized spacial score (nSPS) is 31.1. The third-order valence-electron chi connectivity index (χ3n) is 3.60. The van der Waals surface area contributed by atoms with Gasteiger partial charge in [0.25, 0.3) is 0 Å². The van der Waals surface area contributed by atoms with Gasteiger partial charge in [-0.05, 0) is 41.6 Å². The van der Waals surface area contributed by atoms with Crippen molar-refractivity contribution in [2.75, 3.05) is 16.7 Å². The van der Waals surface area contributed by atoms with Gasteiger partial charge in [0.2, 0.25) is 0 Å². The smallest absolute Gasteiger partial charge is 0.177 e. The number of aliphatic hydroxyl groups is 1. The fraction of sp³-hybridized carbons (Fsp3) is 0.538. The van der Waals surface area contributed by atoms with Crippen molar-refractivity contribution in [1.29, 1.82) is 0 Å². The van der Waals surface area contributed by atoms with E-state index in [0.717, 1.165) is 12.8 Å². The van der Waals surface area contributed by atoms with Gasteiger partial charge in [0.1, 0.15) is 4.60 Å². The van der Waals surface area contributed by atoms with Gasteiger partial charge >= 0.3 is 0 Å². The van der Waals surface area contributed by atoms with Crippen LogP contribution in [0.1, 0.15) is 28.4 Å². The second-order valence-electron chi connectivity index (χ2n) is 4.89. The van der Waals surface area contributed by atoms with E-state index in [1.807, 2.05) is 4.90 Å². The van der Waals surface area contributed by atoms with Crippen molar-refractivity contribution < 1.29 is 7.85 Å². The average Bonchev–Trinajstić information content (AvgIpc) is 2.42. The zero-order chi connectivity index (χ0) is 15.2. The van der Waals surface area contributed by atoms with Gasteiger partial charge in [0.05, 0.1) is 21.5 Å². The molecule has 1 aliphatic carbocycles. The van der Waals surface area contributed by atoms with Crippen molar-refractivity contribution in [2.24, 2.45) is 0 Å². The molecule has 1 aromatic rings. The van der Waals surface area contributed by atoms with E-state index >= 15 is 0 Å². The van der Waals surface area contributed by atoms with Crippen molar-refractivity contribution in [2.45, 2.75) is 37.8 Å². The molecule has 19 heavy (non-hydrogen) atoms. The summed E-state index contributed by atoms with van der Waals surface area (Å²) >= 11 is 3.31. The fourth-order valence-electron chi connectivity index (χ4n) is 2.64. The summed E-state index contributed by atoms with van der Waals surface area (Å²) in [5.41, 5.74) is 0.337. The first kappa shape index (κ1) is 10.6.